The maximum atomic E-state index is 13.7. The molecule has 1 aliphatic carbocycles. The minimum absolute atomic E-state index is 0.0506. The van der Waals surface area contributed by atoms with Gasteiger partial charge in [-0.3, -0.25) is 0 Å². The van der Waals surface area contributed by atoms with Gasteiger partial charge in [-0.25, -0.2) is 4.39 Å². The van der Waals surface area contributed by atoms with E-state index in [0.29, 0.717) is 0 Å². The van der Waals surface area contributed by atoms with Crippen LogP contribution in [0.25, 0.3) is 0 Å². The summed E-state index contributed by atoms with van der Waals surface area (Å²) < 4.78 is 13.7. The fourth-order valence-corrected chi connectivity index (χ4v) is 2.49. The largest absolute Gasteiger partial charge is 0.207 e. The van der Waals surface area contributed by atoms with E-state index < -0.39 is 0 Å². The van der Waals surface area contributed by atoms with Crippen molar-refractivity contribution < 1.29 is 4.39 Å². The molecule has 0 aromatic heterocycles. The molecule has 0 atom stereocenters. The normalized spacial score (nSPS) is 13.8. The topological polar surface area (TPSA) is 0 Å². The third-order valence-electron chi connectivity index (χ3n) is 3.36. The van der Waals surface area contributed by atoms with E-state index in [9.17, 15) is 4.39 Å². The molecule has 0 spiro atoms. The number of hydrogen-bond donors (Lipinski definition) is 0. The zero-order valence-corrected chi connectivity index (χ0v) is 9.04. The summed E-state index contributed by atoms with van der Waals surface area (Å²) in [4.78, 5) is 0. The summed E-state index contributed by atoms with van der Waals surface area (Å²) in [5.74, 6) is -0.0506. The number of halogens is 1. The van der Waals surface area contributed by atoms with Gasteiger partial charge in [0.2, 0.25) is 0 Å². The van der Waals surface area contributed by atoms with Gasteiger partial charge in [0.05, 0.1) is 0 Å². The SMILES string of the molecule is Fc1cccc2c1CCc1ccccc1C2. The number of hydrogen-bond acceptors (Lipinski definition) is 0. The Kier molecular flexibility index (Phi) is 2.24. The quantitative estimate of drug-likeness (QED) is 0.627. The standard InChI is InChI=1S/C15H13F/c16-15-7-3-6-13-10-12-5-2-1-4-11(12)8-9-14(13)15/h1-7H,8-10H2. The molecule has 0 fully saturated rings. The van der Waals surface area contributed by atoms with Gasteiger partial charge in [0.1, 0.15) is 5.82 Å². The molecule has 1 heteroatoms. The second-order valence-corrected chi connectivity index (χ2v) is 4.32. The highest BCUT2D eigenvalue weighted by atomic mass is 19.1. The average Bonchev–Trinajstić information content (AvgIpc) is 2.48. The summed E-state index contributed by atoms with van der Waals surface area (Å²) in [6.45, 7) is 0. The predicted octanol–water partition coefficient (Wildman–Crippen LogP) is 3.52. The Morgan fingerprint density at radius 3 is 2.38 bits per heavy atom. The lowest BCUT2D eigenvalue weighted by Crippen LogP contribution is -1.96. The first kappa shape index (κ1) is 9.59. The third-order valence-corrected chi connectivity index (χ3v) is 3.36. The van der Waals surface area contributed by atoms with Crippen LogP contribution in [0.3, 0.4) is 0 Å². The van der Waals surface area contributed by atoms with Crippen molar-refractivity contribution in [3.05, 3.63) is 70.5 Å². The molecule has 0 radical (unpaired) electrons. The molecule has 0 heterocycles. The summed E-state index contributed by atoms with van der Waals surface area (Å²) in [5, 5.41) is 0. The Balaban J connectivity index is 2.12. The van der Waals surface area contributed by atoms with Gasteiger partial charge in [0.15, 0.2) is 0 Å². The highest BCUT2D eigenvalue weighted by molar-refractivity contribution is 5.40. The monoisotopic (exact) mass is 212 g/mol. The Morgan fingerprint density at radius 2 is 1.50 bits per heavy atom. The minimum Gasteiger partial charge on any atom is -0.207 e. The van der Waals surface area contributed by atoms with Gasteiger partial charge in [-0.05, 0) is 47.6 Å². The zero-order valence-electron chi connectivity index (χ0n) is 9.04. The van der Waals surface area contributed by atoms with Crippen LogP contribution < -0.4 is 0 Å². The molecule has 0 saturated carbocycles. The molecule has 3 rings (SSSR count). The molecule has 0 unspecified atom stereocenters. The number of fused-ring (bicyclic) bond motifs is 2. The molecule has 0 saturated heterocycles. The summed E-state index contributed by atoms with van der Waals surface area (Å²) >= 11 is 0. The Bertz CT molecular complexity index is 529. The van der Waals surface area contributed by atoms with Gasteiger partial charge in [0, 0.05) is 0 Å². The predicted molar refractivity (Wildman–Crippen MR) is 63.1 cm³/mol. The smallest absolute Gasteiger partial charge is 0.126 e. The summed E-state index contributed by atoms with van der Waals surface area (Å²) in [5.41, 5.74) is 4.74. The maximum Gasteiger partial charge on any atom is 0.126 e. The molecular weight excluding hydrogens is 199 g/mol. The zero-order chi connectivity index (χ0) is 11.0. The van der Waals surface area contributed by atoms with Crippen molar-refractivity contribution in [3.63, 3.8) is 0 Å². The third kappa shape index (κ3) is 1.53. The van der Waals surface area contributed by atoms with E-state index in [0.717, 1.165) is 30.4 Å². The van der Waals surface area contributed by atoms with Crippen LogP contribution in [0.4, 0.5) is 4.39 Å². The van der Waals surface area contributed by atoms with Crippen LogP contribution in [0.15, 0.2) is 42.5 Å². The summed E-state index contributed by atoms with van der Waals surface area (Å²) in [6, 6.07) is 13.8. The van der Waals surface area contributed by atoms with E-state index in [4.69, 9.17) is 0 Å². The van der Waals surface area contributed by atoms with Crippen LogP contribution in [-0.4, -0.2) is 0 Å². The lowest BCUT2D eigenvalue weighted by atomic mass is 10.0. The van der Waals surface area contributed by atoms with Crippen molar-refractivity contribution in [1.82, 2.24) is 0 Å². The number of benzene rings is 2. The number of aryl methyl sites for hydroxylation is 1. The maximum absolute atomic E-state index is 13.7. The second-order valence-electron chi connectivity index (χ2n) is 4.32. The van der Waals surface area contributed by atoms with Crippen LogP contribution in [0.2, 0.25) is 0 Å². The van der Waals surface area contributed by atoms with E-state index in [1.54, 1.807) is 6.07 Å². The fourth-order valence-electron chi connectivity index (χ4n) is 2.49. The van der Waals surface area contributed by atoms with Crippen molar-refractivity contribution in [1.29, 1.82) is 0 Å². The lowest BCUT2D eigenvalue weighted by molar-refractivity contribution is 0.607. The van der Waals surface area contributed by atoms with Gasteiger partial charge in [0.25, 0.3) is 0 Å². The minimum atomic E-state index is -0.0506. The van der Waals surface area contributed by atoms with Gasteiger partial charge < -0.3 is 0 Å². The van der Waals surface area contributed by atoms with Crippen molar-refractivity contribution in [2.24, 2.45) is 0 Å². The van der Waals surface area contributed by atoms with Crippen molar-refractivity contribution in [3.8, 4) is 0 Å². The molecule has 0 amide bonds. The molecule has 80 valence electrons. The van der Waals surface area contributed by atoms with Crippen LogP contribution in [0.5, 0.6) is 0 Å². The Labute approximate surface area is 94.7 Å². The van der Waals surface area contributed by atoms with E-state index in [-0.39, 0.29) is 5.82 Å². The average molecular weight is 212 g/mol. The van der Waals surface area contributed by atoms with Crippen LogP contribution in [0.1, 0.15) is 22.3 Å². The molecule has 16 heavy (non-hydrogen) atoms. The molecule has 0 bridgehead atoms. The molecule has 0 aliphatic heterocycles. The molecule has 2 aromatic rings. The van der Waals surface area contributed by atoms with Crippen LogP contribution in [-0.2, 0) is 19.3 Å². The Hall–Kier alpha value is -1.63. The van der Waals surface area contributed by atoms with Crippen molar-refractivity contribution in [2.45, 2.75) is 19.3 Å². The first-order chi connectivity index (χ1) is 7.84. The summed E-state index contributed by atoms with van der Waals surface area (Å²) in [6.07, 6.45) is 2.63. The van der Waals surface area contributed by atoms with Crippen LogP contribution >= 0.6 is 0 Å². The molecular formula is C15H13F. The number of rotatable bonds is 0. The highest BCUT2D eigenvalue weighted by Gasteiger charge is 2.15. The molecule has 0 N–H and O–H groups in total. The van der Waals surface area contributed by atoms with E-state index >= 15 is 0 Å². The summed E-state index contributed by atoms with van der Waals surface area (Å²) in [7, 11) is 0. The highest BCUT2D eigenvalue weighted by Crippen LogP contribution is 2.25. The second kappa shape index (κ2) is 3.75. The van der Waals surface area contributed by atoms with Crippen molar-refractivity contribution >= 4 is 0 Å². The van der Waals surface area contributed by atoms with E-state index in [1.165, 1.54) is 11.1 Å². The van der Waals surface area contributed by atoms with Gasteiger partial charge in [-0.2, -0.15) is 0 Å². The fraction of sp³-hybridized carbons (Fsp3) is 0.200. The molecule has 2 aromatic carbocycles. The van der Waals surface area contributed by atoms with Gasteiger partial charge in [-0.1, -0.05) is 36.4 Å². The van der Waals surface area contributed by atoms with Crippen LogP contribution in [0, 0.1) is 5.82 Å². The Morgan fingerprint density at radius 1 is 0.750 bits per heavy atom. The first-order valence-corrected chi connectivity index (χ1v) is 5.67. The first-order valence-electron chi connectivity index (χ1n) is 5.67. The van der Waals surface area contributed by atoms with Gasteiger partial charge >= 0.3 is 0 Å². The van der Waals surface area contributed by atoms with Gasteiger partial charge in [-0.15, -0.1) is 0 Å². The molecule has 1 aliphatic rings. The van der Waals surface area contributed by atoms with Crippen molar-refractivity contribution in [2.75, 3.05) is 0 Å². The van der Waals surface area contributed by atoms with E-state index in [1.807, 2.05) is 12.1 Å². The van der Waals surface area contributed by atoms with E-state index in [2.05, 4.69) is 24.3 Å². The lowest BCUT2D eigenvalue weighted by Gasteiger charge is -2.06. The molecule has 0 nitrogen and oxygen atoms in total.